The fourth-order valence-corrected chi connectivity index (χ4v) is 8.46. The topological polar surface area (TPSA) is 96.0 Å². The molecule has 1 atom stereocenters. The number of benzene rings is 4. The van der Waals surface area contributed by atoms with Crippen LogP contribution in [0.5, 0.6) is 11.5 Å². The minimum absolute atomic E-state index is 0.0277. The van der Waals surface area contributed by atoms with Crippen molar-refractivity contribution in [3.05, 3.63) is 157 Å². The summed E-state index contributed by atoms with van der Waals surface area (Å²) >= 11 is 8.61. The van der Waals surface area contributed by atoms with E-state index < -0.39 is 4.92 Å². The van der Waals surface area contributed by atoms with E-state index in [0.29, 0.717) is 24.0 Å². The number of para-hydroxylation sites is 1. The molecule has 0 spiro atoms. The summed E-state index contributed by atoms with van der Waals surface area (Å²) in [6.45, 7) is 0.226. The molecule has 0 fully saturated rings. The van der Waals surface area contributed by atoms with Gasteiger partial charge in [0.2, 0.25) is 0 Å². The second kappa shape index (κ2) is 12.5. The van der Waals surface area contributed by atoms with E-state index in [2.05, 4.69) is 50.1 Å². The Morgan fingerprint density at radius 1 is 1.02 bits per heavy atom. The number of nitro groups is 1. The summed E-state index contributed by atoms with van der Waals surface area (Å²) in [5.74, 6) is 1.31. The molecular formula is C35H25Br2N3O5S. The lowest BCUT2D eigenvalue weighted by atomic mass is 9.83. The molecule has 46 heavy (non-hydrogen) atoms. The Hall–Kier alpha value is -4.32. The molecule has 11 heteroatoms. The van der Waals surface area contributed by atoms with Gasteiger partial charge in [-0.2, -0.15) is 0 Å². The summed E-state index contributed by atoms with van der Waals surface area (Å²) in [5, 5.41) is 11.0. The Morgan fingerprint density at radius 2 is 1.74 bits per heavy atom. The first kappa shape index (κ1) is 30.3. The van der Waals surface area contributed by atoms with Crippen LogP contribution in [-0.2, 0) is 13.0 Å². The highest BCUT2D eigenvalue weighted by atomic mass is 79.9. The Kier molecular flexibility index (Phi) is 8.22. The third kappa shape index (κ3) is 5.52. The minimum atomic E-state index is -0.431. The molecule has 0 saturated heterocycles. The summed E-state index contributed by atoms with van der Waals surface area (Å²) in [7, 11) is 1.66. The molecule has 1 aliphatic carbocycles. The molecule has 2 aliphatic rings. The molecule has 1 aliphatic heterocycles. The van der Waals surface area contributed by atoms with Crippen LogP contribution in [0, 0.1) is 10.1 Å². The lowest BCUT2D eigenvalue weighted by Crippen LogP contribution is -2.39. The van der Waals surface area contributed by atoms with E-state index in [4.69, 9.17) is 14.5 Å². The maximum atomic E-state index is 14.2. The first-order valence-electron chi connectivity index (χ1n) is 14.4. The number of thiazole rings is 1. The average Bonchev–Trinajstić information content (AvgIpc) is 3.37. The van der Waals surface area contributed by atoms with Crippen LogP contribution in [0.15, 0.2) is 109 Å². The first-order chi connectivity index (χ1) is 22.3. The average molecular weight is 759 g/mol. The lowest BCUT2D eigenvalue weighted by molar-refractivity contribution is -0.384. The van der Waals surface area contributed by atoms with Crippen LogP contribution in [0.3, 0.4) is 0 Å². The molecule has 0 bridgehead atoms. The van der Waals surface area contributed by atoms with Gasteiger partial charge in [-0.15, -0.1) is 0 Å². The molecule has 1 aromatic heterocycles. The van der Waals surface area contributed by atoms with Gasteiger partial charge in [0, 0.05) is 23.3 Å². The van der Waals surface area contributed by atoms with Gasteiger partial charge in [0.05, 0.1) is 37.2 Å². The largest absolute Gasteiger partial charge is 0.496 e. The second-order valence-electron chi connectivity index (χ2n) is 10.9. The predicted molar refractivity (Wildman–Crippen MR) is 185 cm³/mol. The van der Waals surface area contributed by atoms with E-state index in [-0.39, 0.29) is 23.9 Å². The molecule has 7 rings (SSSR count). The van der Waals surface area contributed by atoms with Crippen LogP contribution in [0.1, 0.15) is 40.3 Å². The molecule has 8 nitrogen and oxygen atoms in total. The van der Waals surface area contributed by atoms with Gasteiger partial charge in [-0.25, -0.2) is 4.99 Å². The molecule has 0 unspecified atom stereocenters. The maximum Gasteiger partial charge on any atom is 0.271 e. The number of hydrogen-bond donors (Lipinski definition) is 0. The van der Waals surface area contributed by atoms with Gasteiger partial charge in [0.1, 0.15) is 18.1 Å². The van der Waals surface area contributed by atoms with Crippen LogP contribution in [0.4, 0.5) is 5.69 Å². The van der Waals surface area contributed by atoms with Crippen molar-refractivity contribution in [3.8, 4) is 11.5 Å². The Labute approximate surface area is 284 Å². The van der Waals surface area contributed by atoms with Crippen LogP contribution in [-0.4, -0.2) is 16.6 Å². The van der Waals surface area contributed by atoms with Crippen molar-refractivity contribution < 1.29 is 14.4 Å². The molecule has 0 saturated carbocycles. The third-order valence-electron chi connectivity index (χ3n) is 8.16. The molecule has 230 valence electrons. The van der Waals surface area contributed by atoms with E-state index >= 15 is 0 Å². The number of aryl methyl sites for hydroxylation is 1. The second-order valence-corrected chi connectivity index (χ2v) is 13.6. The lowest BCUT2D eigenvalue weighted by Gasteiger charge is -2.31. The van der Waals surface area contributed by atoms with Crippen molar-refractivity contribution >= 4 is 60.7 Å². The fourth-order valence-electron chi connectivity index (χ4n) is 6.01. The summed E-state index contributed by atoms with van der Waals surface area (Å²) in [6, 6.07) is 25.9. The van der Waals surface area contributed by atoms with Crippen molar-refractivity contribution in [1.29, 1.82) is 0 Å². The number of fused-ring (bicyclic) bond motifs is 3. The highest BCUT2D eigenvalue weighted by Gasteiger charge is 2.34. The van der Waals surface area contributed by atoms with Crippen molar-refractivity contribution in [2.45, 2.75) is 25.5 Å². The summed E-state index contributed by atoms with van der Waals surface area (Å²) in [5.41, 5.74) is 6.86. The number of allylic oxidation sites excluding steroid dienone is 1. The molecule has 5 aromatic rings. The summed E-state index contributed by atoms with van der Waals surface area (Å²) < 4.78 is 15.6. The van der Waals surface area contributed by atoms with E-state index in [1.54, 1.807) is 19.2 Å². The van der Waals surface area contributed by atoms with E-state index in [1.807, 2.05) is 53.1 Å². The van der Waals surface area contributed by atoms with Crippen molar-refractivity contribution in [3.63, 3.8) is 0 Å². The number of halogens is 2. The summed E-state index contributed by atoms with van der Waals surface area (Å²) in [4.78, 5) is 30.5. The number of aromatic nitrogens is 1. The van der Waals surface area contributed by atoms with Crippen LogP contribution >= 0.6 is 43.2 Å². The number of ether oxygens (including phenoxy) is 2. The SMILES string of the molecule is COc1ccccc1[C@H]1C2=C(N=c3s/c(=C\c4cc(Br)c(OCc5ccc([N+](=O)[O-])cc5)c(Br)c4)c(=O)n31)c1ccccc1CC2. The van der Waals surface area contributed by atoms with Crippen molar-refractivity contribution in [1.82, 2.24) is 4.57 Å². The highest BCUT2D eigenvalue weighted by Crippen LogP contribution is 2.43. The zero-order valence-electron chi connectivity index (χ0n) is 24.4. The molecular weight excluding hydrogens is 734 g/mol. The summed E-state index contributed by atoms with van der Waals surface area (Å²) in [6.07, 6.45) is 3.54. The highest BCUT2D eigenvalue weighted by molar-refractivity contribution is 9.11. The standard InChI is InChI=1S/C35H25Br2N3O5S/c1-44-29-9-5-4-8-25(29)32-26-15-12-22-6-2-3-7-24(22)31(26)38-35-39(32)34(41)30(46-35)18-21-16-27(36)33(28(37)17-21)45-19-20-10-13-23(14-11-20)40(42)43/h2-11,13-14,16-18,32H,12,15,19H2,1H3/b30-18-/t32-/m0/s1. The smallest absolute Gasteiger partial charge is 0.271 e. The fraction of sp³-hybridized carbons (Fsp3) is 0.143. The molecule has 0 amide bonds. The number of hydrogen-bond acceptors (Lipinski definition) is 7. The Bertz CT molecular complexity index is 2220. The van der Waals surface area contributed by atoms with Gasteiger partial charge in [0.25, 0.3) is 11.2 Å². The Balaban J connectivity index is 1.29. The number of nitro benzene ring substituents is 1. The molecule has 0 radical (unpaired) electrons. The van der Waals surface area contributed by atoms with Gasteiger partial charge in [0.15, 0.2) is 4.80 Å². The predicted octanol–water partition coefficient (Wildman–Crippen LogP) is 7.34. The van der Waals surface area contributed by atoms with Gasteiger partial charge >= 0.3 is 0 Å². The van der Waals surface area contributed by atoms with E-state index in [0.717, 1.165) is 52.1 Å². The first-order valence-corrected chi connectivity index (χ1v) is 16.8. The zero-order valence-corrected chi connectivity index (χ0v) is 28.4. The number of rotatable bonds is 7. The quantitative estimate of drug-likeness (QED) is 0.128. The zero-order chi connectivity index (χ0) is 31.9. The van der Waals surface area contributed by atoms with Gasteiger partial charge in [-0.05, 0) is 103 Å². The third-order valence-corrected chi connectivity index (χ3v) is 10.3. The van der Waals surface area contributed by atoms with E-state index in [9.17, 15) is 14.9 Å². The normalized spacial score (nSPS) is 15.5. The number of non-ortho nitro benzene ring substituents is 1. The van der Waals surface area contributed by atoms with Crippen molar-refractivity contribution in [2.24, 2.45) is 4.99 Å². The Morgan fingerprint density at radius 3 is 2.48 bits per heavy atom. The van der Waals surface area contributed by atoms with Crippen LogP contribution in [0.2, 0.25) is 0 Å². The van der Waals surface area contributed by atoms with Gasteiger partial charge in [-0.1, -0.05) is 53.8 Å². The molecule has 0 N–H and O–H groups in total. The van der Waals surface area contributed by atoms with E-state index in [1.165, 1.54) is 29.0 Å². The molecule has 4 aromatic carbocycles. The number of methoxy groups -OCH3 is 1. The minimum Gasteiger partial charge on any atom is -0.496 e. The van der Waals surface area contributed by atoms with Crippen LogP contribution in [0.25, 0.3) is 11.8 Å². The van der Waals surface area contributed by atoms with Gasteiger partial charge < -0.3 is 9.47 Å². The van der Waals surface area contributed by atoms with Crippen molar-refractivity contribution in [2.75, 3.05) is 7.11 Å². The number of nitrogens with zero attached hydrogens (tertiary/aromatic N) is 3. The van der Waals surface area contributed by atoms with Gasteiger partial charge in [-0.3, -0.25) is 19.5 Å². The van der Waals surface area contributed by atoms with Crippen LogP contribution < -0.4 is 24.4 Å². The monoisotopic (exact) mass is 757 g/mol. The molecule has 2 heterocycles. The maximum absolute atomic E-state index is 14.2.